The Hall–Kier alpha value is -1.29. The first-order valence-electron chi connectivity index (χ1n) is 6.29. The number of rotatable bonds is 3. The van der Waals surface area contributed by atoms with Crippen molar-refractivity contribution >= 4 is 5.97 Å². The van der Waals surface area contributed by atoms with E-state index in [1.165, 1.54) is 38.4 Å². The maximum atomic E-state index is 10.7. The Morgan fingerprint density at radius 3 is 2.47 bits per heavy atom. The zero-order chi connectivity index (χ0) is 12.1. The van der Waals surface area contributed by atoms with Crippen molar-refractivity contribution in [3.63, 3.8) is 0 Å². The van der Waals surface area contributed by atoms with Crippen molar-refractivity contribution < 1.29 is 14.3 Å². The lowest BCUT2D eigenvalue weighted by molar-refractivity contribution is 0.0696. The zero-order valence-corrected chi connectivity index (χ0v) is 10.0. The van der Waals surface area contributed by atoms with Gasteiger partial charge < -0.3 is 9.52 Å². The largest absolute Gasteiger partial charge is 0.478 e. The van der Waals surface area contributed by atoms with Crippen LogP contribution in [0.3, 0.4) is 0 Å². The Bertz CT molecular complexity index is 364. The van der Waals surface area contributed by atoms with Gasteiger partial charge in [0.05, 0.1) is 12.1 Å². The first-order chi connectivity index (χ1) is 8.25. The smallest absolute Gasteiger partial charge is 0.338 e. The normalized spacial score (nSPS) is 18.6. The van der Waals surface area contributed by atoms with E-state index in [-0.39, 0.29) is 5.56 Å². The van der Waals surface area contributed by atoms with E-state index in [2.05, 4.69) is 4.90 Å². The maximum Gasteiger partial charge on any atom is 0.338 e. The van der Waals surface area contributed by atoms with Crippen molar-refractivity contribution in [2.45, 2.75) is 38.6 Å². The monoisotopic (exact) mass is 237 g/mol. The number of furan rings is 1. The van der Waals surface area contributed by atoms with E-state index in [0.29, 0.717) is 0 Å². The van der Waals surface area contributed by atoms with Crippen molar-refractivity contribution in [2.24, 2.45) is 0 Å². The molecular formula is C13H19NO3. The van der Waals surface area contributed by atoms with Crippen molar-refractivity contribution in [1.82, 2.24) is 4.90 Å². The van der Waals surface area contributed by atoms with Crippen LogP contribution in [0, 0.1) is 0 Å². The fourth-order valence-corrected chi connectivity index (χ4v) is 2.27. The average molecular weight is 237 g/mol. The fourth-order valence-electron chi connectivity index (χ4n) is 2.27. The van der Waals surface area contributed by atoms with E-state index < -0.39 is 5.97 Å². The third-order valence-corrected chi connectivity index (χ3v) is 3.23. The molecule has 1 aliphatic heterocycles. The second-order valence-electron chi connectivity index (χ2n) is 4.65. The number of carboxylic acids is 1. The molecule has 1 aromatic rings. The number of likely N-dealkylation sites (tertiary alicyclic amines) is 1. The van der Waals surface area contributed by atoms with Crippen LogP contribution < -0.4 is 0 Å². The van der Waals surface area contributed by atoms with Crippen molar-refractivity contribution in [1.29, 1.82) is 0 Å². The average Bonchev–Trinajstić information content (AvgIpc) is 2.70. The highest BCUT2D eigenvalue weighted by atomic mass is 16.4. The number of hydrogen-bond donors (Lipinski definition) is 1. The standard InChI is InChI=1S/C13H19NO3/c15-13(16)11-8-12(17-10-11)9-14-6-4-2-1-3-5-7-14/h8,10H,1-7,9H2,(H,15,16). The number of carboxylic acid groups (broad SMARTS) is 1. The molecule has 2 rings (SSSR count). The summed E-state index contributed by atoms with van der Waals surface area (Å²) in [6.07, 6.45) is 7.72. The summed E-state index contributed by atoms with van der Waals surface area (Å²) in [4.78, 5) is 13.1. The minimum Gasteiger partial charge on any atom is -0.478 e. The molecule has 4 nitrogen and oxygen atoms in total. The predicted molar refractivity (Wildman–Crippen MR) is 64.0 cm³/mol. The summed E-state index contributed by atoms with van der Waals surface area (Å²) >= 11 is 0. The highest BCUT2D eigenvalue weighted by Crippen LogP contribution is 2.15. The first-order valence-corrected chi connectivity index (χ1v) is 6.29. The SMILES string of the molecule is O=C(O)c1coc(CN2CCCCCCC2)c1. The number of aromatic carboxylic acids is 1. The van der Waals surface area contributed by atoms with E-state index in [1.54, 1.807) is 6.07 Å². The molecule has 0 aliphatic carbocycles. The van der Waals surface area contributed by atoms with Gasteiger partial charge in [0.2, 0.25) is 0 Å². The minimum absolute atomic E-state index is 0.243. The van der Waals surface area contributed by atoms with E-state index in [9.17, 15) is 4.79 Å². The number of nitrogens with zero attached hydrogens (tertiary/aromatic N) is 1. The molecule has 17 heavy (non-hydrogen) atoms. The molecule has 2 heterocycles. The Balaban J connectivity index is 1.91. The number of carbonyl (C=O) groups is 1. The van der Waals surface area contributed by atoms with Gasteiger partial charge in [-0.05, 0) is 32.0 Å². The van der Waals surface area contributed by atoms with E-state index in [0.717, 1.165) is 25.4 Å². The lowest BCUT2D eigenvalue weighted by Gasteiger charge is -2.23. The molecule has 0 radical (unpaired) electrons. The second kappa shape index (κ2) is 5.87. The van der Waals surface area contributed by atoms with Gasteiger partial charge >= 0.3 is 5.97 Å². The molecule has 0 amide bonds. The zero-order valence-electron chi connectivity index (χ0n) is 10.0. The summed E-state index contributed by atoms with van der Waals surface area (Å²) in [5.41, 5.74) is 0.243. The molecular weight excluding hydrogens is 218 g/mol. The first kappa shape index (κ1) is 12.2. The quantitative estimate of drug-likeness (QED) is 0.878. The van der Waals surface area contributed by atoms with Crippen LogP contribution in [-0.2, 0) is 6.54 Å². The lowest BCUT2D eigenvalue weighted by atomic mass is 10.1. The summed E-state index contributed by atoms with van der Waals surface area (Å²) in [6, 6.07) is 1.63. The Morgan fingerprint density at radius 1 is 1.24 bits per heavy atom. The van der Waals surface area contributed by atoms with Crippen LogP contribution in [0.1, 0.15) is 48.2 Å². The Kier molecular flexibility index (Phi) is 4.20. The van der Waals surface area contributed by atoms with Crippen LogP contribution in [0.25, 0.3) is 0 Å². The molecule has 1 saturated heterocycles. The summed E-state index contributed by atoms with van der Waals surface area (Å²) in [5.74, 6) is -0.171. The molecule has 1 aliphatic rings. The molecule has 1 fully saturated rings. The molecule has 0 atom stereocenters. The molecule has 4 heteroatoms. The molecule has 0 saturated carbocycles. The second-order valence-corrected chi connectivity index (χ2v) is 4.65. The molecule has 1 N–H and O–H groups in total. The third-order valence-electron chi connectivity index (χ3n) is 3.23. The van der Waals surface area contributed by atoms with Crippen LogP contribution in [0.2, 0.25) is 0 Å². The van der Waals surface area contributed by atoms with Crippen LogP contribution >= 0.6 is 0 Å². The minimum atomic E-state index is -0.923. The number of hydrogen-bond acceptors (Lipinski definition) is 3. The van der Waals surface area contributed by atoms with Gasteiger partial charge in [-0.3, -0.25) is 4.90 Å². The summed E-state index contributed by atoms with van der Waals surface area (Å²) in [5, 5.41) is 8.81. The summed E-state index contributed by atoms with van der Waals surface area (Å²) in [7, 11) is 0. The highest BCUT2D eigenvalue weighted by molar-refractivity contribution is 5.87. The molecule has 0 unspecified atom stereocenters. The van der Waals surface area contributed by atoms with Crippen LogP contribution in [-0.4, -0.2) is 29.1 Å². The van der Waals surface area contributed by atoms with Gasteiger partial charge in [0, 0.05) is 0 Å². The highest BCUT2D eigenvalue weighted by Gasteiger charge is 2.13. The fraction of sp³-hybridized carbons (Fsp3) is 0.615. The van der Waals surface area contributed by atoms with Gasteiger partial charge in [-0.1, -0.05) is 19.3 Å². The van der Waals surface area contributed by atoms with Crippen LogP contribution in [0.15, 0.2) is 16.7 Å². The van der Waals surface area contributed by atoms with Gasteiger partial charge in [-0.25, -0.2) is 4.79 Å². The van der Waals surface area contributed by atoms with Crippen molar-refractivity contribution in [3.05, 3.63) is 23.7 Å². The van der Waals surface area contributed by atoms with Gasteiger partial charge in [-0.15, -0.1) is 0 Å². The van der Waals surface area contributed by atoms with Crippen LogP contribution in [0.4, 0.5) is 0 Å². The lowest BCUT2D eigenvalue weighted by Crippen LogP contribution is -2.26. The Labute approximate surface area is 101 Å². The predicted octanol–water partition coefficient (Wildman–Crippen LogP) is 2.74. The molecule has 0 aromatic carbocycles. The van der Waals surface area contributed by atoms with Crippen LogP contribution in [0.5, 0.6) is 0 Å². The van der Waals surface area contributed by atoms with E-state index in [4.69, 9.17) is 9.52 Å². The van der Waals surface area contributed by atoms with E-state index >= 15 is 0 Å². The molecule has 0 bridgehead atoms. The van der Waals surface area contributed by atoms with Gasteiger partial charge in [0.1, 0.15) is 12.0 Å². The van der Waals surface area contributed by atoms with Crippen molar-refractivity contribution in [2.75, 3.05) is 13.1 Å². The molecule has 0 spiro atoms. The molecule has 94 valence electrons. The van der Waals surface area contributed by atoms with Gasteiger partial charge in [0.25, 0.3) is 0 Å². The summed E-state index contributed by atoms with van der Waals surface area (Å²) in [6.45, 7) is 2.90. The Morgan fingerprint density at radius 2 is 1.88 bits per heavy atom. The van der Waals surface area contributed by atoms with Gasteiger partial charge in [0.15, 0.2) is 0 Å². The summed E-state index contributed by atoms with van der Waals surface area (Å²) < 4.78 is 5.28. The maximum absolute atomic E-state index is 10.7. The van der Waals surface area contributed by atoms with E-state index in [1.807, 2.05) is 0 Å². The van der Waals surface area contributed by atoms with Crippen molar-refractivity contribution in [3.8, 4) is 0 Å². The third kappa shape index (κ3) is 3.60. The topological polar surface area (TPSA) is 53.7 Å². The van der Waals surface area contributed by atoms with Gasteiger partial charge in [-0.2, -0.15) is 0 Å². The molecule has 1 aromatic heterocycles.